The van der Waals surface area contributed by atoms with Gasteiger partial charge in [-0.25, -0.2) is 0 Å². The molecule has 0 saturated carbocycles. The zero-order valence-corrected chi connectivity index (χ0v) is 11.3. The van der Waals surface area contributed by atoms with E-state index in [1.54, 1.807) is 11.3 Å². The largest absolute Gasteiger partial charge is 0.365 e. The SMILES string of the molecule is CCC1CNC(C)(CC)CN1c1ccsc1. The molecule has 16 heavy (non-hydrogen) atoms. The van der Waals surface area contributed by atoms with Crippen molar-refractivity contribution in [2.24, 2.45) is 0 Å². The van der Waals surface area contributed by atoms with Crippen LogP contribution in [-0.4, -0.2) is 24.7 Å². The second kappa shape index (κ2) is 4.76. The summed E-state index contributed by atoms with van der Waals surface area (Å²) in [4.78, 5) is 2.58. The monoisotopic (exact) mass is 238 g/mol. The van der Waals surface area contributed by atoms with Crippen LogP contribution >= 0.6 is 11.3 Å². The van der Waals surface area contributed by atoms with Crippen molar-refractivity contribution in [3.05, 3.63) is 16.8 Å². The summed E-state index contributed by atoms with van der Waals surface area (Å²) in [5.74, 6) is 0. The number of thiophene rings is 1. The van der Waals surface area contributed by atoms with Gasteiger partial charge in [0.2, 0.25) is 0 Å². The van der Waals surface area contributed by atoms with Gasteiger partial charge in [-0.05, 0) is 31.2 Å². The Bertz CT molecular complexity index is 323. The molecule has 1 saturated heterocycles. The van der Waals surface area contributed by atoms with Crippen molar-refractivity contribution >= 4 is 17.0 Å². The second-order valence-corrected chi connectivity index (χ2v) is 5.75. The number of hydrogen-bond donors (Lipinski definition) is 1. The first-order valence-corrected chi connectivity index (χ1v) is 7.16. The number of nitrogens with zero attached hydrogens (tertiary/aromatic N) is 1. The number of anilines is 1. The number of rotatable bonds is 3. The molecule has 0 spiro atoms. The van der Waals surface area contributed by atoms with Crippen LogP contribution in [0.3, 0.4) is 0 Å². The number of nitrogens with one attached hydrogen (secondary N) is 1. The molecule has 2 atom stereocenters. The standard InChI is InChI=1S/C13H22N2S/c1-4-11-8-14-13(3,5-2)10-15(11)12-6-7-16-9-12/h6-7,9,11,14H,4-5,8,10H2,1-3H3. The topological polar surface area (TPSA) is 15.3 Å². The maximum atomic E-state index is 3.70. The third kappa shape index (κ3) is 2.25. The molecule has 2 unspecified atom stereocenters. The summed E-state index contributed by atoms with van der Waals surface area (Å²) in [7, 11) is 0. The van der Waals surface area contributed by atoms with Gasteiger partial charge in [-0.15, -0.1) is 0 Å². The number of piperazine rings is 1. The van der Waals surface area contributed by atoms with E-state index in [9.17, 15) is 0 Å². The van der Waals surface area contributed by atoms with Crippen molar-refractivity contribution in [1.82, 2.24) is 5.32 Å². The van der Waals surface area contributed by atoms with Gasteiger partial charge < -0.3 is 10.2 Å². The quantitative estimate of drug-likeness (QED) is 0.870. The van der Waals surface area contributed by atoms with Gasteiger partial charge in [0.1, 0.15) is 0 Å². The average Bonchev–Trinajstić information content (AvgIpc) is 2.82. The highest BCUT2D eigenvalue weighted by Gasteiger charge is 2.33. The zero-order valence-electron chi connectivity index (χ0n) is 10.5. The van der Waals surface area contributed by atoms with Crippen LogP contribution in [0.15, 0.2) is 16.8 Å². The molecule has 1 aliphatic rings. The molecule has 1 aromatic heterocycles. The summed E-state index contributed by atoms with van der Waals surface area (Å²) in [6.07, 6.45) is 2.40. The third-order valence-corrected chi connectivity index (χ3v) is 4.48. The van der Waals surface area contributed by atoms with Crippen LogP contribution in [0, 0.1) is 0 Å². The molecule has 1 aromatic rings. The average molecular weight is 238 g/mol. The first kappa shape index (κ1) is 11.9. The van der Waals surface area contributed by atoms with Crippen LogP contribution in [0.4, 0.5) is 5.69 Å². The van der Waals surface area contributed by atoms with E-state index < -0.39 is 0 Å². The normalized spacial score (nSPS) is 30.7. The van der Waals surface area contributed by atoms with Gasteiger partial charge in [0.05, 0.1) is 0 Å². The van der Waals surface area contributed by atoms with Crippen molar-refractivity contribution < 1.29 is 0 Å². The molecule has 0 aromatic carbocycles. The first-order valence-electron chi connectivity index (χ1n) is 6.22. The molecule has 1 fully saturated rings. The minimum Gasteiger partial charge on any atom is -0.365 e. The van der Waals surface area contributed by atoms with E-state index in [4.69, 9.17) is 0 Å². The lowest BCUT2D eigenvalue weighted by Gasteiger charge is -2.46. The van der Waals surface area contributed by atoms with Crippen molar-refractivity contribution in [3.63, 3.8) is 0 Å². The minimum atomic E-state index is 0.271. The van der Waals surface area contributed by atoms with Gasteiger partial charge >= 0.3 is 0 Å². The molecule has 0 bridgehead atoms. The Labute approximate surface area is 103 Å². The van der Waals surface area contributed by atoms with E-state index >= 15 is 0 Å². The Balaban J connectivity index is 2.18. The summed E-state index contributed by atoms with van der Waals surface area (Å²) in [6.45, 7) is 9.11. The van der Waals surface area contributed by atoms with Gasteiger partial charge in [0, 0.05) is 35.7 Å². The molecule has 1 N–H and O–H groups in total. The molecule has 2 heterocycles. The zero-order chi connectivity index (χ0) is 11.6. The maximum Gasteiger partial charge on any atom is 0.0478 e. The smallest absolute Gasteiger partial charge is 0.0478 e. The Morgan fingerprint density at radius 3 is 2.94 bits per heavy atom. The Morgan fingerprint density at radius 1 is 1.56 bits per heavy atom. The maximum absolute atomic E-state index is 3.70. The van der Waals surface area contributed by atoms with Gasteiger partial charge in [-0.2, -0.15) is 11.3 Å². The highest BCUT2D eigenvalue weighted by Crippen LogP contribution is 2.27. The van der Waals surface area contributed by atoms with E-state index in [0.29, 0.717) is 6.04 Å². The Hall–Kier alpha value is -0.540. The van der Waals surface area contributed by atoms with Crippen molar-refractivity contribution in [2.45, 2.75) is 45.2 Å². The molecule has 2 nitrogen and oxygen atoms in total. The predicted molar refractivity (Wildman–Crippen MR) is 72.4 cm³/mol. The summed E-state index contributed by atoms with van der Waals surface area (Å²) in [5, 5.41) is 8.14. The van der Waals surface area contributed by atoms with Crippen molar-refractivity contribution in [2.75, 3.05) is 18.0 Å². The molecule has 1 aliphatic heterocycles. The van der Waals surface area contributed by atoms with Crippen LogP contribution in [0.2, 0.25) is 0 Å². The van der Waals surface area contributed by atoms with E-state index in [0.717, 1.165) is 13.1 Å². The molecule has 0 aliphatic carbocycles. The minimum absolute atomic E-state index is 0.271. The fourth-order valence-corrected chi connectivity index (χ4v) is 3.01. The highest BCUT2D eigenvalue weighted by molar-refractivity contribution is 7.08. The summed E-state index contributed by atoms with van der Waals surface area (Å²) in [5.41, 5.74) is 1.67. The molecule has 90 valence electrons. The lowest BCUT2D eigenvalue weighted by atomic mass is 9.92. The van der Waals surface area contributed by atoms with E-state index in [1.807, 2.05) is 0 Å². The molecule has 3 heteroatoms. The molecule has 0 radical (unpaired) electrons. The van der Waals surface area contributed by atoms with E-state index in [1.165, 1.54) is 18.5 Å². The molecular formula is C13H22N2S. The Morgan fingerprint density at radius 2 is 2.38 bits per heavy atom. The second-order valence-electron chi connectivity index (χ2n) is 4.97. The van der Waals surface area contributed by atoms with Gasteiger partial charge in [-0.1, -0.05) is 13.8 Å². The Kier molecular flexibility index (Phi) is 3.55. The van der Waals surface area contributed by atoms with Gasteiger partial charge in [0.25, 0.3) is 0 Å². The van der Waals surface area contributed by atoms with Crippen LogP contribution in [-0.2, 0) is 0 Å². The molecular weight excluding hydrogens is 216 g/mol. The van der Waals surface area contributed by atoms with Crippen LogP contribution < -0.4 is 10.2 Å². The molecule has 0 amide bonds. The lowest BCUT2D eigenvalue weighted by Crippen LogP contribution is -2.62. The first-order chi connectivity index (χ1) is 7.68. The van der Waals surface area contributed by atoms with Crippen LogP contribution in [0.1, 0.15) is 33.6 Å². The van der Waals surface area contributed by atoms with Gasteiger partial charge in [0.15, 0.2) is 0 Å². The van der Waals surface area contributed by atoms with Crippen molar-refractivity contribution in [3.8, 4) is 0 Å². The van der Waals surface area contributed by atoms with Crippen LogP contribution in [0.5, 0.6) is 0 Å². The van der Waals surface area contributed by atoms with Crippen LogP contribution in [0.25, 0.3) is 0 Å². The fraction of sp³-hybridized carbons (Fsp3) is 0.692. The summed E-state index contributed by atoms with van der Waals surface area (Å²) >= 11 is 1.79. The lowest BCUT2D eigenvalue weighted by molar-refractivity contribution is 0.276. The highest BCUT2D eigenvalue weighted by atomic mass is 32.1. The summed E-state index contributed by atoms with van der Waals surface area (Å²) in [6, 6.07) is 2.89. The van der Waals surface area contributed by atoms with Gasteiger partial charge in [-0.3, -0.25) is 0 Å². The third-order valence-electron chi connectivity index (χ3n) is 3.81. The number of hydrogen-bond acceptors (Lipinski definition) is 3. The van der Waals surface area contributed by atoms with Crippen molar-refractivity contribution in [1.29, 1.82) is 0 Å². The molecule has 2 rings (SSSR count). The summed E-state index contributed by atoms with van der Waals surface area (Å²) < 4.78 is 0. The predicted octanol–water partition coefficient (Wildman–Crippen LogP) is 3.11. The van der Waals surface area contributed by atoms with E-state index in [-0.39, 0.29) is 5.54 Å². The fourth-order valence-electron chi connectivity index (χ4n) is 2.36. The van der Waals surface area contributed by atoms with E-state index in [2.05, 4.69) is 47.8 Å².